The Kier molecular flexibility index (Phi) is 9.22. The Hall–Kier alpha value is -0.970. The fourth-order valence-electron chi connectivity index (χ4n) is 2.32. The second-order valence-corrected chi connectivity index (χ2v) is 5.12. The lowest BCUT2D eigenvalue weighted by Crippen LogP contribution is -2.37. The number of ether oxygens (including phenoxy) is 1. The second kappa shape index (κ2) is 10.7. The predicted molar refractivity (Wildman–Crippen MR) is 86.0 cm³/mol. The number of rotatable bonds is 11. The number of nitrogens with one attached hydrogen (secondary N) is 1. The molecule has 21 heavy (non-hydrogen) atoms. The summed E-state index contributed by atoms with van der Waals surface area (Å²) in [6.07, 6.45) is 1.04. The van der Waals surface area contributed by atoms with Crippen molar-refractivity contribution in [3.05, 3.63) is 35.6 Å². The minimum absolute atomic E-state index is 0.0210. The molecule has 0 aliphatic heterocycles. The van der Waals surface area contributed by atoms with Gasteiger partial charge in [0.25, 0.3) is 0 Å². The highest BCUT2D eigenvalue weighted by atomic mass is 19.1. The summed E-state index contributed by atoms with van der Waals surface area (Å²) in [7, 11) is 0. The zero-order chi connectivity index (χ0) is 15.5. The van der Waals surface area contributed by atoms with Gasteiger partial charge in [0.05, 0.1) is 6.61 Å². The molecule has 0 aliphatic carbocycles. The summed E-state index contributed by atoms with van der Waals surface area (Å²) in [6, 6.07) is 7.07. The molecule has 3 nitrogen and oxygen atoms in total. The minimum atomic E-state index is -0.132. The van der Waals surface area contributed by atoms with Gasteiger partial charge in [0.2, 0.25) is 0 Å². The van der Waals surface area contributed by atoms with Crippen molar-refractivity contribution in [2.45, 2.75) is 33.2 Å². The Morgan fingerprint density at radius 1 is 1.24 bits per heavy atom. The highest BCUT2D eigenvalue weighted by Crippen LogP contribution is 2.18. The number of hydrogen-bond donors (Lipinski definition) is 1. The highest BCUT2D eigenvalue weighted by Gasteiger charge is 2.17. The van der Waals surface area contributed by atoms with Crippen molar-refractivity contribution in [1.82, 2.24) is 10.2 Å². The number of hydrogen-bond acceptors (Lipinski definition) is 3. The fraction of sp³-hybridized carbons (Fsp3) is 0.647. The van der Waals surface area contributed by atoms with Gasteiger partial charge in [-0.15, -0.1) is 0 Å². The van der Waals surface area contributed by atoms with Crippen molar-refractivity contribution in [3.8, 4) is 0 Å². The van der Waals surface area contributed by atoms with Gasteiger partial charge in [0, 0.05) is 31.3 Å². The monoisotopic (exact) mass is 296 g/mol. The van der Waals surface area contributed by atoms with E-state index in [-0.39, 0.29) is 11.9 Å². The van der Waals surface area contributed by atoms with E-state index in [1.54, 1.807) is 6.07 Å². The topological polar surface area (TPSA) is 24.5 Å². The maximum atomic E-state index is 14.0. The molecule has 4 heteroatoms. The van der Waals surface area contributed by atoms with Crippen LogP contribution in [0, 0.1) is 5.82 Å². The first-order chi connectivity index (χ1) is 10.2. The predicted octanol–water partition coefficient (Wildman–Crippen LogP) is 3.22. The van der Waals surface area contributed by atoms with Crippen LogP contribution < -0.4 is 5.32 Å². The number of likely N-dealkylation sites (N-methyl/N-ethyl adjacent to an activating group) is 1. The van der Waals surface area contributed by atoms with Gasteiger partial charge in [0.15, 0.2) is 0 Å². The maximum Gasteiger partial charge on any atom is 0.128 e. The number of nitrogens with zero attached hydrogens (tertiary/aromatic N) is 1. The summed E-state index contributed by atoms with van der Waals surface area (Å²) in [5.74, 6) is -0.132. The molecule has 1 unspecified atom stereocenters. The van der Waals surface area contributed by atoms with Crippen LogP contribution in [0.1, 0.15) is 38.8 Å². The molecule has 0 radical (unpaired) electrons. The van der Waals surface area contributed by atoms with E-state index in [2.05, 4.69) is 24.1 Å². The van der Waals surface area contributed by atoms with Crippen molar-refractivity contribution in [2.24, 2.45) is 0 Å². The zero-order valence-electron chi connectivity index (χ0n) is 13.6. The first-order valence-electron chi connectivity index (χ1n) is 8.00. The first kappa shape index (κ1) is 18.1. The third kappa shape index (κ3) is 6.55. The van der Waals surface area contributed by atoms with Gasteiger partial charge >= 0.3 is 0 Å². The molecule has 120 valence electrons. The molecule has 0 bridgehead atoms. The summed E-state index contributed by atoms with van der Waals surface area (Å²) < 4.78 is 19.5. The van der Waals surface area contributed by atoms with E-state index in [4.69, 9.17) is 4.74 Å². The van der Waals surface area contributed by atoms with Gasteiger partial charge in [-0.3, -0.25) is 4.90 Å². The molecule has 1 N–H and O–H groups in total. The quantitative estimate of drug-likeness (QED) is 0.635. The van der Waals surface area contributed by atoms with E-state index < -0.39 is 0 Å². The average molecular weight is 296 g/mol. The summed E-state index contributed by atoms with van der Waals surface area (Å²) >= 11 is 0. The lowest BCUT2D eigenvalue weighted by Gasteiger charge is -2.27. The van der Waals surface area contributed by atoms with Crippen LogP contribution in [0.25, 0.3) is 0 Å². The zero-order valence-corrected chi connectivity index (χ0v) is 13.6. The minimum Gasteiger partial charge on any atom is -0.380 e. The summed E-state index contributed by atoms with van der Waals surface area (Å²) in [6.45, 7) is 11.2. The summed E-state index contributed by atoms with van der Waals surface area (Å²) in [4.78, 5) is 2.30. The standard InChI is InChI=1S/C17H29FN2O/c1-4-11-19-17(15-9-7-8-10-16(15)18)14-20(5-2)12-13-21-6-3/h7-10,17,19H,4-6,11-14H2,1-3H3. The maximum absolute atomic E-state index is 14.0. The summed E-state index contributed by atoms with van der Waals surface area (Å²) in [5, 5.41) is 3.46. The Morgan fingerprint density at radius 3 is 2.62 bits per heavy atom. The Labute approximate surface area is 128 Å². The molecule has 0 saturated heterocycles. The van der Waals surface area contributed by atoms with Crippen LogP contribution in [0.5, 0.6) is 0 Å². The molecule has 0 fully saturated rings. The van der Waals surface area contributed by atoms with Crippen LogP contribution in [0.2, 0.25) is 0 Å². The first-order valence-corrected chi connectivity index (χ1v) is 8.00. The van der Waals surface area contributed by atoms with Gasteiger partial charge < -0.3 is 10.1 Å². The van der Waals surface area contributed by atoms with Crippen LogP contribution in [0.3, 0.4) is 0 Å². The molecule has 1 aromatic carbocycles. The largest absolute Gasteiger partial charge is 0.380 e. The molecule has 1 rings (SSSR count). The van der Waals surface area contributed by atoms with Crippen LogP contribution >= 0.6 is 0 Å². The van der Waals surface area contributed by atoms with E-state index >= 15 is 0 Å². The van der Waals surface area contributed by atoms with E-state index in [1.165, 1.54) is 6.07 Å². The van der Waals surface area contributed by atoms with Gasteiger partial charge in [0.1, 0.15) is 5.82 Å². The van der Waals surface area contributed by atoms with Crippen LogP contribution in [-0.4, -0.2) is 44.3 Å². The Bertz CT molecular complexity index is 387. The molecule has 0 amide bonds. The Morgan fingerprint density at radius 2 is 2.00 bits per heavy atom. The van der Waals surface area contributed by atoms with Crippen molar-refractivity contribution >= 4 is 0 Å². The highest BCUT2D eigenvalue weighted by molar-refractivity contribution is 5.21. The van der Waals surface area contributed by atoms with Gasteiger partial charge in [-0.2, -0.15) is 0 Å². The summed E-state index contributed by atoms with van der Waals surface area (Å²) in [5.41, 5.74) is 0.751. The normalized spacial score (nSPS) is 12.8. The third-order valence-electron chi connectivity index (χ3n) is 3.57. The number of halogens is 1. The fourth-order valence-corrected chi connectivity index (χ4v) is 2.32. The number of benzene rings is 1. The van der Waals surface area contributed by atoms with Crippen molar-refractivity contribution in [3.63, 3.8) is 0 Å². The molecule has 1 atom stereocenters. The van der Waals surface area contributed by atoms with E-state index in [0.29, 0.717) is 0 Å². The van der Waals surface area contributed by atoms with Crippen molar-refractivity contribution in [2.75, 3.05) is 39.4 Å². The molecular formula is C17H29FN2O. The lowest BCUT2D eigenvalue weighted by molar-refractivity contribution is 0.111. The molecular weight excluding hydrogens is 267 g/mol. The average Bonchev–Trinajstić information content (AvgIpc) is 2.50. The molecule has 0 spiro atoms. The van der Waals surface area contributed by atoms with Crippen molar-refractivity contribution in [1.29, 1.82) is 0 Å². The van der Waals surface area contributed by atoms with E-state index in [0.717, 1.165) is 51.4 Å². The van der Waals surface area contributed by atoms with E-state index in [1.807, 2.05) is 19.1 Å². The molecule has 0 aromatic heterocycles. The lowest BCUT2D eigenvalue weighted by atomic mass is 10.1. The molecule has 0 aliphatic rings. The smallest absolute Gasteiger partial charge is 0.128 e. The van der Waals surface area contributed by atoms with Crippen LogP contribution in [0.15, 0.2) is 24.3 Å². The van der Waals surface area contributed by atoms with Crippen LogP contribution in [-0.2, 0) is 4.74 Å². The molecule has 0 saturated carbocycles. The molecule has 0 heterocycles. The second-order valence-electron chi connectivity index (χ2n) is 5.12. The molecule has 1 aromatic rings. The Balaban J connectivity index is 2.70. The SMILES string of the molecule is CCCNC(CN(CC)CCOCC)c1ccccc1F. The van der Waals surface area contributed by atoms with Gasteiger partial charge in [-0.05, 0) is 32.5 Å². The van der Waals surface area contributed by atoms with Gasteiger partial charge in [-0.25, -0.2) is 4.39 Å². The van der Waals surface area contributed by atoms with E-state index in [9.17, 15) is 4.39 Å². The van der Waals surface area contributed by atoms with Gasteiger partial charge in [-0.1, -0.05) is 32.0 Å². The van der Waals surface area contributed by atoms with Crippen LogP contribution in [0.4, 0.5) is 4.39 Å². The third-order valence-corrected chi connectivity index (χ3v) is 3.57. The van der Waals surface area contributed by atoms with Crippen molar-refractivity contribution < 1.29 is 9.13 Å².